The number of ether oxygens (including phenoxy) is 2. The molecule has 0 aromatic heterocycles. The summed E-state index contributed by atoms with van der Waals surface area (Å²) in [4.78, 5) is 24.4. The Morgan fingerprint density at radius 2 is 2.11 bits per heavy atom. The Morgan fingerprint density at radius 1 is 1.37 bits per heavy atom. The summed E-state index contributed by atoms with van der Waals surface area (Å²) in [6.45, 7) is 3.81. The molecule has 0 bridgehead atoms. The lowest BCUT2D eigenvalue weighted by atomic mass is 9.64. The van der Waals surface area contributed by atoms with Crippen LogP contribution in [0.4, 0.5) is 0 Å². The maximum Gasteiger partial charge on any atom is 0.313 e. The summed E-state index contributed by atoms with van der Waals surface area (Å²) in [6, 6.07) is 0. The molecule has 2 rings (SSSR count). The lowest BCUT2D eigenvalue weighted by Crippen LogP contribution is -2.47. The fraction of sp³-hybridized carbons (Fsp3) is 0.600. The van der Waals surface area contributed by atoms with Crippen LogP contribution >= 0.6 is 0 Å². The van der Waals surface area contributed by atoms with Gasteiger partial charge in [0.05, 0.1) is 25.6 Å². The number of fused-ring (bicyclic) bond motifs is 1. The molecule has 1 saturated carbocycles. The summed E-state index contributed by atoms with van der Waals surface area (Å²) in [5.74, 6) is -0.823. The number of carbonyl (C=O) groups excluding carboxylic acids is 2. The van der Waals surface area contributed by atoms with E-state index in [1.807, 2.05) is 18.2 Å². The van der Waals surface area contributed by atoms with Gasteiger partial charge in [0.1, 0.15) is 0 Å². The van der Waals surface area contributed by atoms with Gasteiger partial charge in [-0.2, -0.15) is 0 Å². The Morgan fingerprint density at radius 3 is 2.68 bits per heavy atom. The van der Waals surface area contributed by atoms with Crippen molar-refractivity contribution in [2.45, 2.75) is 19.3 Å². The molecule has 0 saturated heterocycles. The Hall–Kier alpha value is -1.58. The van der Waals surface area contributed by atoms with E-state index in [9.17, 15) is 9.59 Å². The largest absolute Gasteiger partial charge is 0.469 e. The van der Waals surface area contributed by atoms with E-state index >= 15 is 0 Å². The maximum absolute atomic E-state index is 12.4. The van der Waals surface area contributed by atoms with Gasteiger partial charge in [-0.3, -0.25) is 9.59 Å². The summed E-state index contributed by atoms with van der Waals surface area (Å²) < 4.78 is 9.88. The van der Waals surface area contributed by atoms with E-state index in [2.05, 4.69) is 6.58 Å². The minimum absolute atomic E-state index is 0.0285. The van der Waals surface area contributed by atoms with Gasteiger partial charge < -0.3 is 9.47 Å². The fourth-order valence-corrected chi connectivity index (χ4v) is 3.64. The highest BCUT2D eigenvalue weighted by Gasteiger charge is 2.60. The summed E-state index contributed by atoms with van der Waals surface area (Å²) in [5.41, 5.74) is -0.782. The second kappa shape index (κ2) is 5.19. The second-order valence-electron chi connectivity index (χ2n) is 5.31. The molecule has 0 unspecified atom stereocenters. The van der Waals surface area contributed by atoms with Crippen LogP contribution in [0, 0.1) is 23.2 Å². The van der Waals surface area contributed by atoms with Crippen molar-refractivity contribution in [3.63, 3.8) is 0 Å². The molecule has 0 spiro atoms. The molecule has 2 aliphatic rings. The first-order valence-corrected chi connectivity index (χ1v) is 6.55. The number of hydrogen-bond acceptors (Lipinski definition) is 4. The number of esters is 2. The average Bonchev–Trinajstić information content (AvgIpc) is 2.84. The third-order valence-electron chi connectivity index (χ3n) is 4.56. The number of carbonyl (C=O) groups is 2. The zero-order valence-corrected chi connectivity index (χ0v) is 11.4. The van der Waals surface area contributed by atoms with E-state index in [0.717, 1.165) is 6.42 Å². The molecule has 0 aromatic rings. The molecule has 4 atom stereocenters. The van der Waals surface area contributed by atoms with Crippen molar-refractivity contribution >= 4 is 11.9 Å². The van der Waals surface area contributed by atoms with Crippen molar-refractivity contribution in [2.75, 3.05) is 14.2 Å². The SMILES string of the molecule is C=C[C@H]1C[C@H]2C=CC[C@@H](C(=O)OC)[C@@]2(C(=O)OC)C1. The quantitative estimate of drug-likeness (QED) is 0.578. The number of allylic oxidation sites excluding steroid dienone is 3. The smallest absolute Gasteiger partial charge is 0.313 e. The first kappa shape index (κ1) is 13.8. The molecular weight excluding hydrogens is 244 g/mol. The number of hydrogen-bond donors (Lipinski definition) is 0. The molecule has 0 heterocycles. The summed E-state index contributed by atoms with van der Waals surface area (Å²) in [7, 11) is 2.74. The molecule has 0 amide bonds. The van der Waals surface area contributed by atoms with E-state index in [0.29, 0.717) is 12.8 Å². The summed E-state index contributed by atoms with van der Waals surface area (Å²) in [6.07, 6.45) is 7.85. The molecule has 0 N–H and O–H groups in total. The van der Waals surface area contributed by atoms with Gasteiger partial charge >= 0.3 is 11.9 Å². The monoisotopic (exact) mass is 264 g/mol. The van der Waals surface area contributed by atoms with Crippen LogP contribution in [-0.4, -0.2) is 26.2 Å². The van der Waals surface area contributed by atoms with Gasteiger partial charge in [0, 0.05) is 0 Å². The van der Waals surface area contributed by atoms with Crippen LogP contribution in [0.1, 0.15) is 19.3 Å². The van der Waals surface area contributed by atoms with E-state index in [4.69, 9.17) is 9.47 Å². The Balaban J connectivity index is 2.45. The van der Waals surface area contributed by atoms with E-state index in [1.165, 1.54) is 14.2 Å². The van der Waals surface area contributed by atoms with Crippen LogP contribution in [0.3, 0.4) is 0 Å². The predicted molar refractivity (Wildman–Crippen MR) is 70.1 cm³/mol. The minimum Gasteiger partial charge on any atom is -0.469 e. The van der Waals surface area contributed by atoms with Crippen LogP contribution < -0.4 is 0 Å². The molecule has 19 heavy (non-hydrogen) atoms. The van der Waals surface area contributed by atoms with Crippen LogP contribution in [0.5, 0.6) is 0 Å². The van der Waals surface area contributed by atoms with Crippen molar-refractivity contribution in [2.24, 2.45) is 23.2 Å². The molecule has 4 nitrogen and oxygen atoms in total. The molecule has 2 aliphatic carbocycles. The van der Waals surface area contributed by atoms with Gasteiger partial charge in [0.15, 0.2) is 0 Å². The summed E-state index contributed by atoms with van der Waals surface area (Å²) in [5, 5.41) is 0. The zero-order chi connectivity index (χ0) is 14.0. The van der Waals surface area contributed by atoms with Crippen molar-refractivity contribution in [1.29, 1.82) is 0 Å². The van der Waals surface area contributed by atoms with E-state index in [-0.39, 0.29) is 23.8 Å². The van der Waals surface area contributed by atoms with Gasteiger partial charge in [0.25, 0.3) is 0 Å². The maximum atomic E-state index is 12.4. The normalized spacial score (nSPS) is 36.4. The molecule has 4 heteroatoms. The summed E-state index contributed by atoms with van der Waals surface area (Å²) >= 11 is 0. The van der Waals surface area contributed by atoms with Crippen molar-refractivity contribution in [1.82, 2.24) is 0 Å². The van der Waals surface area contributed by atoms with Crippen LogP contribution in [-0.2, 0) is 19.1 Å². The van der Waals surface area contributed by atoms with Crippen molar-refractivity contribution in [3.8, 4) is 0 Å². The topological polar surface area (TPSA) is 52.6 Å². The predicted octanol–water partition coefficient (Wildman–Crippen LogP) is 2.11. The fourth-order valence-electron chi connectivity index (χ4n) is 3.64. The molecule has 0 aromatic carbocycles. The second-order valence-corrected chi connectivity index (χ2v) is 5.31. The van der Waals surface area contributed by atoms with Crippen molar-refractivity contribution in [3.05, 3.63) is 24.8 Å². The van der Waals surface area contributed by atoms with Crippen LogP contribution in [0.15, 0.2) is 24.8 Å². The Kier molecular flexibility index (Phi) is 3.78. The number of methoxy groups -OCH3 is 2. The molecule has 104 valence electrons. The Labute approximate surface area is 113 Å². The highest BCUT2D eigenvalue weighted by atomic mass is 16.5. The van der Waals surface area contributed by atoms with Gasteiger partial charge in [-0.1, -0.05) is 18.2 Å². The lowest BCUT2D eigenvalue weighted by molar-refractivity contribution is -0.169. The minimum atomic E-state index is -0.782. The van der Waals surface area contributed by atoms with E-state index < -0.39 is 11.3 Å². The van der Waals surface area contributed by atoms with E-state index in [1.54, 1.807) is 0 Å². The highest BCUT2D eigenvalue weighted by molar-refractivity contribution is 5.87. The van der Waals surface area contributed by atoms with Gasteiger partial charge in [-0.25, -0.2) is 0 Å². The average molecular weight is 264 g/mol. The number of rotatable bonds is 3. The van der Waals surface area contributed by atoms with Gasteiger partial charge in [-0.15, -0.1) is 6.58 Å². The third kappa shape index (κ3) is 1.99. The molecule has 0 radical (unpaired) electrons. The highest BCUT2D eigenvalue weighted by Crippen LogP contribution is 2.56. The van der Waals surface area contributed by atoms with Crippen LogP contribution in [0.2, 0.25) is 0 Å². The van der Waals surface area contributed by atoms with Gasteiger partial charge in [-0.05, 0) is 31.1 Å². The molecular formula is C15H20O4. The van der Waals surface area contributed by atoms with Gasteiger partial charge in [0.2, 0.25) is 0 Å². The standard InChI is InChI=1S/C15H20O4/c1-4-10-8-11-6-5-7-12(13(16)18-2)15(11,9-10)14(17)19-3/h4-6,10-12H,1,7-9H2,2-3H3/t10-,11+,12-,15+/m0/s1. The molecule has 0 aliphatic heterocycles. The lowest BCUT2D eigenvalue weighted by Gasteiger charge is -2.39. The third-order valence-corrected chi connectivity index (χ3v) is 4.56. The van der Waals surface area contributed by atoms with Crippen LogP contribution in [0.25, 0.3) is 0 Å². The first-order valence-electron chi connectivity index (χ1n) is 6.55. The first-order chi connectivity index (χ1) is 9.09. The zero-order valence-electron chi connectivity index (χ0n) is 11.4. The van der Waals surface area contributed by atoms with Crippen molar-refractivity contribution < 1.29 is 19.1 Å². The Bertz CT molecular complexity index is 426. The molecule has 1 fully saturated rings.